The minimum atomic E-state index is 0.689. The van der Waals surface area contributed by atoms with E-state index in [1.807, 2.05) is 11.3 Å². The van der Waals surface area contributed by atoms with Gasteiger partial charge in [0.25, 0.3) is 0 Å². The first-order valence-electron chi connectivity index (χ1n) is 6.77. The molecule has 0 saturated carbocycles. The Morgan fingerprint density at radius 3 is 3.21 bits per heavy atom. The van der Waals surface area contributed by atoms with Crippen LogP contribution < -0.4 is 5.32 Å². The molecule has 0 amide bonds. The van der Waals surface area contributed by atoms with Gasteiger partial charge in [-0.15, -0.1) is 11.3 Å². The second-order valence-electron chi connectivity index (χ2n) is 5.17. The van der Waals surface area contributed by atoms with E-state index in [4.69, 9.17) is 4.74 Å². The third-order valence-electron chi connectivity index (χ3n) is 3.69. The zero-order chi connectivity index (χ0) is 13.2. The molecule has 3 rings (SSSR count). The summed E-state index contributed by atoms with van der Waals surface area (Å²) < 4.78 is 5.08. The van der Waals surface area contributed by atoms with Crippen LogP contribution >= 0.6 is 11.3 Å². The number of hydrogen-bond donors (Lipinski definition) is 1. The van der Waals surface area contributed by atoms with E-state index >= 15 is 0 Å². The van der Waals surface area contributed by atoms with Gasteiger partial charge in [-0.3, -0.25) is 0 Å². The lowest BCUT2D eigenvalue weighted by atomic mass is 9.89. The fourth-order valence-electron chi connectivity index (χ4n) is 2.68. The van der Waals surface area contributed by atoms with Gasteiger partial charge in [0.1, 0.15) is 17.0 Å². The lowest BCUT2D eigenvalue weighted by molar-refractivity contribution is 0.210. The van der Waals surface area contributed by atoms with Crippen molar-refractivity contribution >= 4 is 27.4 Å². The van der Waals surface area contributed by atoms with Crippen LogP contribution in [0.2, 0.25) is 0 Å². The summed E-state index contributed by atoms with van der Waals surface area (Å²) in [7, 11) is 1.71. The van der Waals surface area contributed by atoms with Crippen molar-refractivity contribution in [2.24, 2.45) is 5.92 Å². The largest absolute Gasteiger partial charge is 0.383 e. The van der Waals surface area contributed by atoms with Crippen LogP contribution in [0.15, 0.2) is 6.33 Å². The Labute approximate surface area is 117 Å². The van der Waals surface area contributed by atoms with Gasteiger partial charge in [0, 0.05) is 18.5 Å². The van der Waals surface area contributed by atoms with Crippen LogP contribution in [0.5, 0.6) is 0 Å². The summed E-state index contributed by atoms with van der Waals surface area (Å²) in [6, 6.07) is 0. The summed E-state index contributed by atoms with van der Waals surface area (Å²) >= 11 is 1.83. The quantitative estimate of drug-likeness (QED) is 0.873. The Morgan fingerprint density at radius 1 is 1.47 bits per heavy atom. The number of anilines is 1. The van der Waals surface area contributed by atoms with E-state index in [1.165, 1.54) is 28.7 Å². The van der Waals surface area contributed by atoms with Crippen molar-refractivity contribution in [1.82, 2.24) is 9.97 Å². The smallest absolute Gasteiger partial charge is 0.138 e. The summed E-state index contributed by atoms with van der Waals surface area (Å²) in [4.78, 5) is 11.5. The maximum Gasteiger partial charge on any atom is 0.138 e. The van der Waals surface area contributed by atoms with Gasteiger partial charge in [0.2, 0.25) is 0 Å². The number of aromatic nitrogens is 2. The van der Waals surface area contributed by atoms with Crippen LogP contribution in [0.1, 0.15) is 23.8 Å². The van der Waals surface area contributed by atoms with Crippen molar-refractivity contribution in [2.45, 2.75) is 26.2 Å². The van der Waals surface area contributed by atoms with Crippen molar-refractivity contribution in [2.75, 3.05) is 25.6 Å². The van der Waals surface area contributed by atoms with Crippen molar-refractivity contribution in [1.29, 1.82) is 0 Å². The molecular weight excluding hydrogens is 258 g/mol. The Hall–Kier alpha value is -1.20. The third kappa shape index (κ3) is 2.44. The van der Waals surface area contributed by atoms with E-state index in [0.29, 0.717) is 6.61 Å². The molecule has 0 aromatic carbocycles. The molecule has 1 aliphatic carbocycles. The van der Waals surface area contributed by atoms with Gasteiger partial charge >= 0.3 is 0 Å². The normalized spacial score (nSPS) is 18.5. The Balaban J connectivity index is 1.99. The summed E-state index contributed by atoms with van der Waals surface area (Å²) in [6.45, 7) is 3.80. The molecule has 0 aliphatic heterocycles. The number of rotatable bonds is 4. The van der Waals surface area contributed by atoms with Gasteiger partial charge in [0.15, 0.2) is 0 Å². The molecule has 2 aromatic heterocycles. The maximum absolute atomic E-state index is 5.08. The molecule has 2 heterocycles. The molecule has 1 N–H and O–H groups in total. The Bertz CT molecular complexity index is 581. The number of methoxy groups -OCH3 is 1. The standard InChI is InChI=1S/C14H19N3OS/c1-9-3-4-10-11(7-9)19-14-12(10)13(16-8-17-14)15-5-6-18-2/h8-9H,3-7H2,1-2H3,(H,15,16,17). The van der Waals surface area contributed by atoms with E-state index < -0.39 is 0 Å². The summed E-state index contributed by atoms with van der Waals surface area (Å²) in [5, 5.41) is 4.61. The molecule has 0 radical (unpaired) electrons. The lowest BCUT2D eigenvalue weighted by Gasteiger charge is -2.18. The molecule has 0 spiro atoms. The number of ether oxygens (including phenoxy) is 1. The number of nitrogens with one attached hydrogen (secondary N) is 1. The predicted molar refractivity (Wildman–Crippen MR) is 79.0 cm³/mol. The third-order valence-corrected chi connectivity index (χ3v) is 4.85. The van der Waals surface area contributed by atoms with Gasteiger partial charge in [-0.2, -0.15) is 0 Å². The molecule has 0 saturated heterocycles. The van der Waals surface area contributed by atoms with Gasteiger partial charge in [-0.25, -0.2) is 9.97 Å². The highest BCUT2D eigenvalue weighted by Gasteiger charge is 2.22. The highest BCUT2D eigenvalue weighted by molar-refractivity contribution is 7.19. The first kappa shape index (κ1) is 12.8. The summed E-state index contributed by atoms with van der Waals surface area (Å²) in [6.07, 6.45) is 5.27. The van der Waals surface area contributed by atoms with E-state index in [0.717, 1.165) is 29.5 Å². The fraction of sp³-hybridized carbons (Fsp3) is 0.571. The molecule has 5 heteroatoms. The molecule has 0 bridgehead atoms. The number of aryl methyl sites for hydroxylation is 1. The molecule has 102 valence electrons. The molecular formula is C14H19N3OS. The van der Waals surface area contributed by atoms with Crippen LogP contribution in [0.4, 0.5) is 5.82 Å². The molecule has 1 atom stereocenters. The van der Waals surface area contributed by atoms with Crippen LogP contribution in [0, 0.1) is 5.92 Å². The number of thiophene rings is 1. The number of hydrogen-bond acceptors (Lipinski definition) is 5. The van der Waals surface area contributed by atoms with Crippen molar-refractivity contribution in [3.05, 3.63) is 16.8 Å². The molecule has 2 aromatic rings. The molecule has 19 heavy (non-hydrogen) atoms. The highest BCUT2D eigenvalue weighted by atomic mass is 32.1. The van der Waals surface area contributed by atoms with Crippen LogP contribution in [0.25, 0.3) is 10.2 Å². The summed E-state index contributed by atoms with van der Waals surface area (Å²) in [5.41, 5.74) is 1.47. The average molecular weight is 277 g/mol. The van der Waals surface area contributed by atoms with Gasteiger partial charge in [-0.1, -0.05) is 6.92 Å². The average Bonchev–Trinajstić information content (AvgIpc) is 2.77. The highest BCUT2D eigenvalue weighted by Crippen LogP contribution is 2.39. The van der Waals surface area contributed by atoms with Crippen molar-refractivity contribution in [3.8, 4) is 0 Å². The second-order valence-corrected chi connectivity index (χ2v) is 6.26. The van der Waals surface area contributed by atoms with Gasteiger partial charge in [0.05, 0.1) is 12.0 Å². The molecule has 1 aliphatic rings. The zero-order valence-electron chi connectivity index (χ0n) is 11.4. The Morgan fingerprint density at radius 2 is 2.37 bits per heavy atom. The van der Waals surface area contributed by atoms with E-state index in [2.05, 4.69) is 22.2 Å². The van der Waals surface area contributed by atoms with Gasteiger partial charge in [-0.05, 0) is 30.7 Å². The number of nitrogens with zero attached hydrogens (tertiary/aromatic N) is 2. The fourth-order valence-corrected chi connectivity index (χ4v) is 4.03. The van der Waals surface area contributed by atoms with Gasteiger partial charge < -0.3 is 10.1 Å². The summed E-state index contributed by atoms with van der Waals surface area (Å²) in [5.74, 6) is 1.76. The maximum atomic E-state index is 5.08. The predicted octanol–water partition coefficient (Wildman–Crippen LogP) is 2.87. The topological polar surface area (TPSA) is 47.0 Å². The monoisotopic (exact) mass is 277 g/mol. The first-order chi connectivity index (χ1) is 9.29. The first-order valence-corrected chi connectivity index (χ1v) is 7.59. The van der Waals surface area contributed by atoms with Crippen molar-refractivity contribution in [3.63, 3.8) is 0 Å². The molecule has 1 unspecified atom stereocenters. The van der Waals surface area contributed by atoms with E-state index in [-0.39, 0.29) is 0 Å². The molecule has 0 fully saturated rings. The Kier molecular flexibility index (Phi) is 3.66. The van der Waals surface area contributed by atoms with Crippen molar-refractivity contribution < 1.29 is 4.74 Å². The number of fused-ring (bicyclic) bond motifs is 3. The molecule has 4 nitrogen and oxygen atoms in total. The van der Waals surface area contributed by atoms with Crippen LogP contribution in [-0.4, -0.2) is 30.2 Å². The van der Waals surface area contributed by atoms with E-state index in [1.54, 1.807) is 13.4 Å². The van der Waals surface area contributed by atoms with Crippen LogP contribution in [0.3, 0.4) is 0 Å². The van der Waals surface area contributed by atoms with E-state index in [9.17, 15) is 0 Å². The lowest BCUT2D eigenvalue weighted by Crippen LogP contribution is -2.11. The zero-order valence-corrected chi connectivity index (χ0v) is 12.2. The van der Waals surface area contributed by atoms with Crippen LogP contribution in [-0.2, 0) is 17.6 Å². The SMILES string of the molecule is COCCNc1ncnc2sc3c(c12)CCC(C)C3. The second kappa shape index (κ2) is 5.43. The minimum Gasteiger partial charge on any atom is -0.383 e. The minimum absolute atomic E-state index is 0.689.